The third-order valence-electron chi connectivity index (χ3n) is 5.01. The summed E-state index contributed by atoms with van der Waals surface area (Å²) in [5.74, 6) is 1.10. The number of Topliss-reactive ketones (excluding diaryl/α,β-unsaturated/α-hetero) is 2. The Balaban J connectivity index is 4.60. The van der Waals surface area contributed by atoms with Crippen molar-refractivity contribution < 1.29 is 9.59 Å². The molecule has 0 aromatic carbocycles. The largest absolute Gasteiger partial charge is 0.299 e. The monoisotopic (exact) mass is 324 g/mol. The van der Waals surface area contributed by atoms with E-state index >= 15 is 0 Å². The van der Waals surface area contributed by atoms with Crippen molar-refractivity contribution in [1.29, 1.82) is 0 Å². The highest BCUT2D eigenvalue weighted by Crippen LogP contribution is 2.31. The molecule has 2 unspecified atom stereocenters. The van der Waals surface area contributed by atoms with Crippen molar-refractivity contribution in [3.05, 3.63) is 0 Å². The summed E-state index contributed by atoms with van der Waals surface area (Å²) in [6, 6.07) is 0. The first-order chi connectivity index (χ1) is 10.8. The van der Waals surface area contributed by atoms with Crippen LogP contribution >= 0.6 is 0 Å². The van der Waals surface area contributed by atoms with E-state index in [1.165, 1.54) is 0 Å². The molecule has 0 aliphatic carbocycles. The van der Waals surface area contributed by atoms with Gasteiger partial charge in [-0.15, -0.1) is 0 Å². The van der Waals surface area contributed by atoms with Gasteiger partial charge in [0.1, 0.15) is 11.6 Å². The first-order valence-electron chi connectivity index (χ1n) is 9.86. The number of ketones is 2. The van der Waals surface area contributed by atoms with Crippen molar-refractivity contribution in [3.8, 4) is 0 Å². The minimum absolute atomic E-state index is 0.186. The van der Waals surface area contributed by atoms with Gasteiger partial charge in [-0.25, -0.2) is 0 Å². The molecule has 0 spiro atoms. The molecule has 0 heterocycles. The van der Waals surface area contributed by atoms with E-state index in [0.29, 0.717) is 24.4 Å². The molecule has 0 N–H and O–H groups in total. The summed E-state index contributed by atoms with van der Waals surface area (Å²) in [6.07, 6.45) is 9.48. The van der Waals surface area contributed by atoms with Gasteiger partial charge in [0, 0.05) is 24.7 Å². The van der Waals surface area contributed by atoms with Gasteiger partial charge in [-0.3, -0.25) is 9.59 Å². The normalized spacial score (nSPS) is 14.5. The van der Waals surface area contributed by atoms with Gasteiger partial charge in [-0.05, 0) is 31.1 Å². The Bertz CT molecular complexity index is 312. The van der Waals surface area contributed by atoms with Crippen molar-refractivity contribution in [1.82, 2.24) is 0 Å². The fourth-order valence-corrected chi connectivity index (χ4v) is 3.38. The number of hydrogen-bond donors (Lipinski definition) is 0. The highest BCUT2D eigenvalue weighted by molar-refractivity contribution is 5.84. The third kappa shape index (κ3) is 9.27. The highest BCUT2D eigenvalue weighted by Gasteiger charge is 2.30. The van der Waals surface area contributed by atoms with Gasteiger partial charge >= 0.3 is 0 Å². The Kier molecular flexibility index (Phi) is 11.5. The lowest BCUT2D eigenvalue weighted by Gasteiger charge is -2.27. The van der Waals surface area contributed by atoms with Crippen LogP contribution in [0, 0.1) is 17.3 Å². The number of hydrogen-bond acceptors (Lipinski definition) is 2. The second-order valence-corrected chi connectivity index (χ2v) is 7.95. The van der Waals surface area contributed by atoms with Crippen molar-refractivity contribution in [2.24, 2.45) is 17.3 Å². The van der Waals surface area contributed by atoms with Crippen LogP contribution in [0.3, 0.4) is 0 Å². The van der Waals surface area contributed by atoms with E-state index in [0.717, 1.165) is 51.4 Å². The summed E-state index contributed by atoms with van der Waals surface area (Å²) < 4.78 is 0. The Hall–Kier alpha value is -0.660. The minimum Gasteiger partial charge on any atom is -0.299 e. The van der Waals surface area contributed by atoms with Crippen LogP contribution in [0.2, 0.25) is 0 Å². The zero-order valence-electron chi connectivity index (χ0n) is 16.5. The van der Waals surface area contributed by atoms with Gasteiger partial charge in [-0.1, -0.05) is 67.2 Å². The summed E-state index contributed by atoms with van der Waals surface area (Å²) in [5, 5.41) is 0. The average molecular weight is 325 g/mol. The Labute approximate surface area is 144 Å². The first kappa shape index (κ1) is 22.3. The predicted molar refractivity (Wildman–Crippen MR) is 99.6 cm³/mol. The van der Waals surface area contributed by atoms with Crippen LogP contribution in [0.15, 0.2) is 0 Å². The van der Waals surface area contributed by atoms with Gasteiger partial charge in [0.2, 0.25) is 0 Å². The van der Waals surface area contributed by atoms with Crippen LogP contribution < -0.4 is 0 Å². The maximum Gasteiger partial charge on any atom is 0.136 e. The van der Waals surface area contributed by atoms with E-state index in [-0.39, 0.29) is 17.3 Å². The molecule has 0 bridgehead atoms. The third-order valence-corrected chi connectivity index (χ3v) is 5.01. The minimum atomic E-state index is -0.201. The summed E-state index contributed by atoms with van der Waals surface area (Å²) in [6.45, 7) is 12.7. The molecule has 0 aliphatic heterocycles. The van der Waals surface area contributed by atoms with E-state index < -0.39 is 0 Å². The molecule has 0 aromatic heterocycles. The fraction of sp³-hybridized carbons (Fsp3) is 0.905. The van der Waals surface area contributed by atoms with Crippen LogP contribution in [-0.4, -0.2) is 11.6 Å². The molecular weight excluding hydrogens is 284 g/mol. The Morgan fingerprint density at radius 3 is 1.35 bits per heavy atom. The van der Waals surface area contributed by atoms with Gasteiger partial charge in [0.25, 0.3) is 0 Å². The number of carbonyl (C=O) groups is 2. The zero-order valence-corrected chi connectivity index (χ0v) is 16.5. The average Bonchev–Trinajstić information content (AvgIpc) is 2.47. The molecule has 0 rings (SSSR count). The summed E-state index contributed by atoms with van der Waals surface area (Å²) >= 11 is 0. The summed E-state index contributed by atoms with van der Waals surface area (Å²) in [7, 11) is 0. The van der Waals surface area contributed by atoms with Crippen molar-refractivity contribution in [2.75, 3.05) is 0 Å². The smallest absolute Gasteiger partial charge is 0.136 e. The topological polar surface area (TPSA) is 34.1 Å². The van der Waals surface area contributed by atoms with Crippen LogP contribution in [-0.2, 0) is 9.59 Å². The van der Waals surface area contributed by atoms with Crippen molar-refractivity contribution in [2.45, 2.75) is 106 Å². The number of unbranched alkanes of at least 4 members (excludes halogenated alkanes) is 2. The Morgan fingerprint density at radius 1 is 0.739 bits per heavy atom. The predicted octanol–water partition coefficient (Wildman–Crippen LogP) is 6.36. The zero-order chi connectivity index (χ0) is 17.9. The number of rotatable bonds is 14. The first-order valence-corrected chi connectivity index (χ1v) is 9.86. The van der Waals surface area contributed by atoms with E-state index in [1.807, 2.05) is 0 Å². The lowest BCUT2D eigenvalue weighted by molar-refractivity contribution is -0.128. The van der Waals surface area contributed by atoms with Gasteiger partial charge < -0.3 is 0 Å². The van der Waals surface area contributed by atoms with Crippen molar-refractivity contribution >= 4 is 11.6 Å². The van der Waals surface area contributed by atoms with Crippen LogP contribution in [0.25, 0.3) is 0 Å². The van der Waals surface area contributed by atoms with E-state index in [2.05, 4.69) is 41.5 Å². The summed E-state index contributed by atoms with van der Waals surface area (Å²) in [5.41, 5.74) is -0.201. The number of carbonyl (C=O) groups excluding carboxylic acids is 2. The maximum absolute atomic E-state index is 12.6. The molecule has 136 valence electrons. The molecule has 0 aliphatic rings. The molecular formula is C21H40O2. The van der Waals surface area contributed by atoms with E-state index in [1.54, 1.807) is 0 Å². The lowest BCUT2D eigenvalue weighted by atomic mass is 9.76. The SMILES string of the molecule is CCCCC(CC)C(=O)CC(C)(C)CC(=O)C(CC)CCCC. The van der Waals surface area contributed by atoms with Crippen LogP contribution in [0.5, 0.6) is 0 Å². The quantitative estimate of drug-likeness (QED) is 0.372. The maximum atomic E-state index is 12.6. The molecule has 0 aromatic rings. The van der Waals surface area contributed by atoms with Gasteiger partial charge in [-0.2, -0.15) is 0 Å². The van der Waals surface area contributed by atoms with Gasteiger partial charge in [0.05, 0.1) is 0 Å². The molecule has 0 fully saturated rings. The fourth-order valence-electron chi connectivity index (χ4n) is 3.38. The van der Waals surface area contributed by atoms with Crippen LogP contribution in [0.4, 0.5) is 0 Å². The lowest BCUT2D eigenvalue weighted by Crippen LogP contribution is -2.27. The molecule has 2 nitrogen and oxygen atoms in total. The Morgan fingerprint density at radius 2 is 1.09 bits per heavy atom. The molecule has 23 heavy (non-hydrogen) atoms. The van der Waals surface area contributed by atoms with E-state index in [9.17, 15) is 9.59 Å². The second kappa shape index (κ2) is 11.8. The van der Waals surface area contributed by atoms with E-state index in [4.69, 9.17) is 0 Å². The molecule has 0 saturated heterocycles. The highest BCUT2D eigenvalue weighted by atomic mass is 16.1. The second-order valence-electron chi connectivity index (χ2n) is 7.95. The standard InChI is InChI=1S/C21H40O2/c1-7-11-13-17(9-3)19(22)15-21(5,6)16-20(23)18(10-4)14-12-8-2/h17-18H,7-16H2,1-6H3. The summed E-state index contributed by atoms with van der Waals surface area (Å²) in [4.78, 5) is 25.2. The van der Waals surface area contributed by atoms with Crippen molar-refractivity contribution in [3.63, 3.8) is 0 Å². The molecule has 2 heteroatoms. The molecule has 0 saturated carbocycles. The molecule has 2 atom stereocenters. The van der Waals surface area contributed by atoms with Gasteiger partial charge in [0.15, 0.2) is 0 Å². The molecule has 0 amide bonds. The molecule has 0 radical (unpaired) electrons. The van der Waals surface area contributed by atoms with Crippen LogP contribution in [0.1, 0.15) is 106 Å².